The molecule has 5 heteroatoms. The Morgan fingerprint density at radius 1 is 1.08 bits per heavy atom. The van der Waals surface area contributed by atoms with Crippen LogP contribution in [0.4, 0.5) is 0 Å². The average molecular weight is 430 g/mol. The number of rotatable bonds is 3. The summed E-state index contributed by atoms with van der Waals surface area (Å²) in [6, 6.07) is 16.4. The van der Waals surface area contributed by atoms with Gasteiger partial charge in [0.1, 0.15) is 0 Å². The van der Waals surface area contributed by atoms with Crippen molar-refractivity contribution in [2.75, 3.05) is 27.2 Å². The van der Waals surface area contributed by atoms with Gasteiger partial charge in [-0.15, -0.1) is 60.0 Å². The van der Waals surface area contributed by atoms with Gasteiger partial charge >= 0.3 is 21.7 Å². The van der Waals surface area contributed by atoms with Crippen LogP contribution in [-0.4, -0.2) is 37.3 Å². The molecule has 2 nitrogen and oxygen atoms in total. The summed E-state index contributed by atoms with van der Waals surface area (Å²) in [6.45, 7) is 2.92. The number of hydrogen-bond acceptors (Lipinski definition) is 2. The maximum Gasteiger partial charge on any atom is 2.00 e. The molecular weight excluding hydrogens is 401 g/mol. The van der Waals surface area contributed by atoms with Gasteiger partial charge in [-0.25, -0.2) is 0 Å². The SMILES string of the molecule is CCO.CN(C)CC1=C(c2[c-]c3ccccc3cc2)CC=C1.Cl.Cl.[CH3-].[Ti+2]. The van der Waals surface area contributed by atoms with Crippen molar-refractivity contribution in [3.05, 3.63) is 73.2 Å². The Labute approximate surface area is 186 Å². The van der Waals surface area contributed by atoms with Crippen molar-refractivity contribution in [2.24, 2.45) is 0 Å². The van der Waals surface area contributed by atoms with Crippen LogP contribution in [-0.2, 0) is 21.7 Å². The molecule has 26 heavy (non-hydrogen) atoms. The number of aliphatic hydroxyl groups is 1. The maximum atomic E-state index is 7.57. The van der Waals surface area contributed by atoms with Gasteiger partial charge in [-0.2, -0.15) is 0 Å². The largest absolute Gasteiger partial charge is 2.00 e. The van der Waals surface area contributed by atoms with Crippen molar-refractivity contribution in [1.29, 1.82) is 0 Å². The molecule has 1 N–H and O–H groups in total. The first-order valence-corrected chi connectivity index (χ1v) is 7.71. The third-order valence-electron chi connectivity index (χ3n) is 3.50. The predicted molar refractivity (Wildman–Crippen MR) is 116 cm³/mol. The van der Waals surface area contributed by atoms with Crippen LogP contribution < -0.4 is 0 Å². The molecule has 3 rings (SSSR count). The molecule has 2 aromatic carbocycles. The van der Waals surface area contributed by atoms with Crippen molar-refractivity contribution in [2.45, 2.75) is 13.3 Å². The Bertz CT molecular complexity index is 699. The van der Waals surface area contributed by atoms with E-state index in [1.165, 1.54) is 27.5 Å². The Morgan fingerprint density at radius 3 is 2.31 bits per heavy atom. The first-order valence-electron chi connectivity index (χ1n) is 7.71. The van der Waals surface area contributed by atoms with Crippen molar-refractivity contribution in [3.63, 3.8) is 0 Å². The van der Waals surface area contributed by atoms with Crippen LogP contribution in [0.15, 0.2) is 54.1 Å². The molecule has 0 spiro atoms. The van der Waals surface area contributed by atoms with Crippen LogP contribution in [0.25, 0.3) is 16.3 Å². The molecule has 0 unspecified atom stereocenters. The minimum absolute atomic E-state index is 0. The first kappa shape index (κ1) is 30.1. The average Bonchev–Trinajstić information content (AvgIpc) is 2.95. The summed E-state index contributed by atoms with van der Waals surface area (Å²) in [5.41, 5.74) is 4.07. The van der Waals surface area contributed by atoms with E-state index in [2.05, 4.69) is 73.6 Å². The third kappa shape index (κ3) is 8.39. The van der Waals surface area contributed by atoms with Crippen LogP contribution in [0.1, 0.15) is 18.9 Å². The van der Waals surface area contributed by atoms with E-state index >= 15 is 0 Å². The molecule has 0 aromatic heterocycles. The third-order valence-corrected chi connectivity index (χ3v) is 3.50. The second-order valence-electron chi connectivity index (χ2n) is 5.62. The zero-order valence-electron chi connectivity index (χ0n) is 16.0. The zero-order chi connectivity index (χ0) is 15.9. The fraction of sp³-hybridized carbons (Fsp3) is 0.286. The van der Waals surface area contributed by atoms with Gasteiger partial charge in [0.15, 0.2) is 0 Å². The molecular formula is C21H29Cl2NOTi. The van der Waals surface area contributed by atoms with Gasteiger partial charge in [0.25, 0.3) is 0 Å². The van der Waals surface area contributed by atoms with Crippen LogP contribution >= 0.6 is 24.8 Å². The zero-order valence-corrected chi connectivity index (χ0v) is 19.1. The van der Waals surface area contributed by atoms with Crippen LogP contribution in [0.2, 0.25) is 0 Å². The maximum absolute atomic E-state index is 7.57. The molecule has 0 amide bonds. The fourth-order valence-electron chi connectivity index (χ4n) is 2.61. The number of nitrogens with zero attached hydrogens (tertiary/aromatic N) is 1. The molecule has 0 aliphatic heterocycles. The van der Waals surface area contributed by atoms with Crippen molar-refractivity contribution in [3.8, 4) is 0 Å². The van der Waals surface area contributed by atoms with Gasteiger partial charge in [-0.1, -0.05) is 46.9 Å². The Balaban J connectivity index is -0.000000710. The predicted octanol–water partition coefficient (Wildman–Crippen LogP) is 5.21. The van der Waals surface area contributed by atoms with Gasteiger partial charge in [-0.05, 0) is 27.4 Å². The summed E-state index contributed by atoms with van der Waals surface area (Å²) in [4.78, 5) is 2.21. The van der Waals surface area contributed by atoms with E-state index in [0.29, 0.717) is 0 Å². The molecule has 142 valence electrons. The monoisotopic (exact) mass is 429 g/mol. The summed E-state index contributed by atoms with van der Waals surface area (Å²) in [5, 5.41) is 10.0. The molecule has 0 bridgehead atoms. The number of likely N-dealkylation sites (N-methyl/N-ethyl adjacent to an activating group) is 1. The number of halogens is 2. The number of allylic oxidation sites excluding steroid dienone is 2. The fourth-order valence-corrected chi connectivity index (χ4v) is 2.61. The van der Waals surface area contributed by atoms with E-state index in [-0.39, 0.29) is 60.6 Å². The van der Waals surface area contributed by atoms with E-state index in [4.69, 9.17) is 5.11 Å². The topological polar surface area (TPSA) is 23.5 Å². The van der Waals surface area contributed by atoms with Crippen molar-refractivity contribution < 1.29 is 26.8 Å². The van der Waals surface area contributed by atoms with E-state index in [1.54, 1.807) is 6.92 Å². The number of fused-ring (bicyclic) bond motifs is 1. The van der Waals surface area contributed by atoms with Gasteiger partial charge in [0, 0.05) is 13.2 Å². The number of benzene rings is 2. The molecule has 0 fully saturated rings. The molecule has 1 aliphatic rings. The van der Waals surface area contributed by atoms with Crippen LogP contribution in [0.5, 0.6) is 0 Å². The second-order valence-corrected chi connectivity index (χ2v) is 5.62. The molecule has 2 aromatic rings. The minimum Gasteiger partial charge on any atom is -0.397 e. The van der Waals surface area contributed by atoms with E-state index in [0.717, 1.165) is 13.0 Å². The molecule has 0 atom stereocenters. The van der Waals surface area contributed by atoms with Gasteiger partial charge < -0.3 is 17.4 Å². The molecule has 1 aliphatic carbocycles. The Morgan fingerprint density at radius 2 is 1.69 bits per heavy atom. The molecule has 0 saturated carbocycles. The van der Waals surface area contributed by atoms with Crippen molar-refractivity contribution in [1.82, 2.24) is 4.90 Å². The normalized spacial score (nSPS) is 11.6. The van der Waals surface area contributed by atoms with E-state index in [9.17, 15) is 0 Å². The van der Waals surface area contributed by atoms with Crippen LogP contribution in [0.3, 0.4) is 0 Å². The summed E-state index contributed by atoms with van der Waals surface area (Å²) >= 11 is 0. The number of aliphatic hydroxyl groups excluding tert-OH is 1. The Hall–Kier alpha value is -0.606. The van der Waals surface area contributed by atoms with Gasteiger partial charge in [0.05, 0.1) is 0 Å². The summed E-state index contributed by atoms with van der Waals surface area (Å²) in [5.74, 6) is 0. The first-order chi connectivity index (χ1) is 10.7. The quantitative estimate of drug-likeness (QED) is 0.534. The van der Waals surface area contributed by atoms with Crippen LogP contribution in [0, 0.1) is 13.5 Å². The number of hydrogen-bond donors (Lipinski definition) is 1. The second kappa shape index (κ2) is 15.5. The van der Waals surface area contributed by atoms with Gasteiger partial charge in [-0.3, -0.25) is 0 Å². The molecule has 0 heterocycles. The van der Waals surface area contributed by atoms with Crippen molar-refractivity contribution >= 4 is 41.2 Å². The summed E-state index contributed by atoms with van der Waals surface area (Å²) < 4.78 is 0. The summed E-state index contributed by atoms with van der Waals surface area (Å²) in [7, 11) is 4.22. The molecule has 0 radical (unpaired) electrons. The van der Waals surface area contributed by atoms with E-state index in [1.807, 2.05) is 0 Å². The Kier molecular flexibility index (Phi) is 17.9. The van der Waals surface area contributed by atoms with E-state index < -0.39 is 0 Å². The van der Waals surface area contributed by atoms with Gasteiger partial charge in [0.2, 0.25) is 0 Å². The molecule has 0 saturated heterocycles. The summed E-state index contributed by atoms with van der Waals surface area (Å²) in [6.07, 6.45) is 5.52. The minimum atomic E-state index is 0. The standard InChI is InChI=1S/C18H18N.C2H6O.CH3.2ClH.Ti/c1-19(2)13-17-8-5-9-18(17)16-11-10-14-6-3-4-7-15(14)12-16;1-2-3;;;;/h3-8,10-11H,9,13H2,1-2H3;3H,2H2,1H3;1H3;2*1H;/q-1;;-1;;;+2. The smallest absolute Gasteiger partial charge is 0.397 e.